The molecule has 10 heteroatoms. The number of halogens is 3. The maximum absolute atomic E-state index is 13.3. The van der Waals surface area contributed by atoms with Crippen molar-refractivity contribution in [3.05, 3.63) is 89.0 Å². The number of hydrogen-bond donors (Lipinski definition) is 3. The minimum Gasteiger partial charge on any atom is -0.394 e. The van der Waals surface area contributed by atoms with E-state index < -0.39 is 30.4 Å². The normalized spacial score (nSPS) is 15.6. The summed E-state index contributed by atoms with van der Waals surface area (Å²) in [7, 11) is 0. The van der Waals surface area contributed by atoms with Gasteiger partial charge in [-0.2, -0.15) is 13.2 Å². The quantitative estimate of drug-likeness (QED) is 0.432. The maximum atomic E-state index is 13.3. The summed E-state index contributed by atoms with van der Waals surface area (Å²) in [5.41, 5.74) is 8.25. The highest BCUT2D eigenvalue weighted by Gasteiger charge is 2.31. The Hall–Kier alpha value is -3.60. The molecule has 37 heavy (non-hydrogen) atoms. The number of ether oxygens (including phenoxy) is 1. The monoisotopic (exact) mass is 512 g/mol. The molecule has 4 rings (SSSR count). The summed E-state index contributed by atoms with van der Waals surface area (Å²) < 4.78 is 45.3. The third-order valence-electron chi connectivity index (χ3n) is 6.18. The maximum Gasteiger partial charge on any atom is 0.416 e. The van der Waals surface area contributed by atoms with Crippen molar-refractivity contribution >= 4 is 11.5 Å². The van der Waals surface area contributed by atoms with E-state index in [1.54, 1.807) is 31.2 Å². The molecule has 3 aromatic rings. The minimum atomic E-state index is -4.52. The Bertz CT molecular complexity index is 1290. The van der Waals surface area contributed by atoms with Crippen LogP contribution in [0.15, 0.2) is 60.8 Å². The number of aliphatic hydroxyl groups is 1. The number of rotatable bonds is 7. The Kier molecular flexibility index (Phi) is 8.01. The van der Waals surface area contributed by atoms with Crippen molar-refractivity contribution in [2.45, 2.75) is 31.6 Å². The second-order valence-electron chi connectivity index (χ2n) is 8.73. The Labute approximate surface area is 212 Å². The summed E-state index contributed by atoms with van der Waals surface area (Å²) in [6, 6.07) is 10.4. The van der Waals surface area contributed by atoms with Crippen molar-refractivity contribution in [2.24, 2.45) is 5.73 Å². The lowest BCUT2D eigenvalue weighted by Crippen LogP contribution is -2.27. The van der Waals surface area contributed by atoms with Crippen molar-refractivity contribution in [1.29, 1.82) is 0 Å². The SMILES string of the molecule is C[C@@H](NC(=O)c1ccnc(C2=CCOCC2)n1)c1ccc(-c2cc(C(F)(F)F)ccc2[C@H](N)CO)cc1. The van der Waals surface area contributed by atoms with Gasteiger partial charge in [-0.25, -0.2) is 9.97 Å². The number of benzene rings is 2. The van der Waals surface area contributed by atoms with E-state index in [1.165, 1.54) is 18.3 Å². The molecule has 1 aliphatic rings. The topological polar surface area (TPSA) is 110 Å². The van der Waals surface area contributed by atoms with E-state index in [2.05, 4.69) is 15.3 Å². The Morgan fingerprint density at radius 2 is 1.95 bits per heavy atom. The molecule has 2 heterocycles. The van der Waals surface area contributed by atoms with Gasteiger partial charge >= 0.3 is 6.18 Å². The van der Waals surface area contributed by atoms with Crippen LogP contribution in [0.4, 0.5) is 13.2 Å². The van der Waals surface area contributed by atoms with Crippen LogP contribution in [0.2, 0.25) is 0 Å². The summed E-state index contributed by atoms with van der Waals surface area (Å²) in [5, 5.41) is 12.4. The van der Waals surface area contributed by atoms with Crippen LogP contribution >= 0.6 is 0 Å². The molecular formula is C27H27F3N4O3. The van der Waals surface area contributed by atoms with Crippen LogP contribution in [0.1, 0.15) is 58.4 Å². The lowest BCUT2D eigenvalue weighted by atomic mass is 9.92. The standard InChI is InChI=1S/C27H27F3N4O3/c1-16(33-26(36)24-8-11-32-25(34-24)19-9-12-37-13-10-19)17-2-4-18(5-3-17)22-14-20(27(28,29)30)6-7-21(22)23(31)15-35/h2-9,11,14,16,23,35H,10,12-13,15,31H2,1H3,(H,33,36)/t16-,23-/m1/s1. The predicted octanol–water partition coefficient (Wildman–Crippen LogP) is 4.45. The molecule has 7 nitrogen and oxygen atoms in total. The van der Waals surface area contributed by atoms with Gasteiger partial charge in [0.25, 0.3) is 5.91 Å². The molecular weight excluding hydrogens is 485 g/mol. The Morgan fingerprint density at radius 1 is 1.19 bits per heavy atom. The van der Waals surface area contributed by atoms with Crippen LogP contribution in [0, 0.1) is 0 Å². The number of hydrogen-bond acceptors (Lipinski definition) is 6. The van der Waals surface area contributed by atoms with Crippen molar-refractivity contribution in [3.63, 3.8) is 0 Å². The van der Waals surface area contributed by atoms with Crippen molar-refractivity contribution in [1.82, 2.24) is 15.3 Å². The van der Waals surface area contributed by atoms with Gasteiger partial charge in [0.05, 0.1) is 37.5 Å². The summed E-state index contributed by atoms with van der Waals surface area (Å²) in [6.45, 7) is 2.45. The van der Waals surface area contributed by atoms with Gasteiger partial charge in [-0.1, -0.05) is 36.4 Å². The second kappa shape index (κ2) is 11.2. The Morgan fingerprint density at radius 3 is 2.59 bits per heavy atom. The molecule has 1 aromatic heterocycles. The zero-order chi connectivity index (χ0) is 26.6. The first kappa shape index (κ1) is 26.5. The number of amides is 1. The number of nitrogens with one attached hydrogen (secondary N) is 1. The van der Waals surface area contributed by atoms with Crippen LogP contribution in [0.25, 0.3) is 16.7 Å². The molecule has 0 saturated heterocycles. The van der Waals surface area contributed by atoms with Crippen LogP contribution < -0.4 is 11.1 Å². The lowest BCUT2D eigenvalue weighted by Gasteiger charge is -2.19. The molecule has 0 bridgehead atoms. The third kappa shape index (κ3) is 6.22. The lowest BCUT2D eigenvalue weighted by molar-refractivity contribution is -0.137. The van der Waals surface area contributed by atoms with E-state index in [9.17, 15) is 23.1 Å². The van der Waals surface area contributed by atoms with Crippen LogP contribution in [0.5, 0.6) is 0 Å². The van der Waals surface area contributed by atoms with Crippen molar-refractivity contribution < 1.29 is 27.8 Å². The van der Waals surface area contributed by atoms with Crippen LogP contribution in [-0.2, 0) is 10.9 Å². The Balaban J connectivity index is 1.53. The molecule has 0 aliphatic carbocycles. The summed E-state index contributed by atoms with van der Waals surface area (Å²) >= 11 is 0. The van der Waals surface area contributed by atoms with E-state index >= 15 is 0 Å². The highest BCUT2D eigenvalue weighted by molar-refractivity contribution is 5.92. The summed E-state index contributed by atoms with van der Waals surface area (Å²) in [4.78, 5) is 21.5. The van der Waals surface area contributed by atoms with Crippen LogP contribution in [0.3, 0.4) is 0 Å². The largest absolute Gasteiger partial charge is 0.416 e. The van der Waals surface area contributed by atoms with Gasteiger partial charge in [0.2, 0.25) is 0 Å². The first-order valence-corrected chi connectivity index (χ1v) is 11.8. The number of aromatic nitrogens is 2. The highest BCUT2D eigenvalue weighted by atomic mass is 19.4. The van der Waals surface area contributed by atoms with Gasteiger partial charge in [-0.05, 0) is 59.4 Å². The molecule has 0 spiro atoms. The molecule has 1 amide bonds. The average Bonchev–Trinajstić information content (AvgIpc) is 2.92. The molecule has 4 N–H and O–H groups in total. The van der Waals surface area contributed by atoms with Gasteiger partial charge in [-0.3, -0.25) is 4.79 Å². The number of alkyl halides is 3. The predicted molar refractivity (Wildman–Crippen MR) is 132 cm³/mol. The number of aliphatic hydroxyl groups excluding tert-OH is 1. The van der Waals surface area contributed by atoms with Crippen LogP contribution in [-0.4, -0.2) is 40.8 Å². The van der Waals surface area contributed by atoms with E-state index in [-0.39, 0.29) is 17.2 Å². The summed E-state index contributed by atoms with van der Waals surface area (Å²) in [6.07, 6.45) is -0.410. The number of nitrogens with zero attached hydrogens (tertiary/aromatic N) is 2. The van der Waals surface area contributed by atoms with Gasteiger partial charge in [-0.15, -0.1) is 0 Å². The van der Waals surface area contributed by atoms with E-state index in [0.29, 0.717) is 36.6 Å². The minimum absolute atomic E-state index is 0.229. The summed E-state index contributed by atoms with van der Waals surface area (Å²) in [5.74, 6) is 0.118. The van der Waals surface area contributed by atoms with Gasteiger partial charge in [0.1, 0.15) is 5.69 Å². The molecule has 1 aliphatic heterocycles. The number of carbonyl (C=O) groups is 1. The van der Waals surface area contributed by atoms with Gasteiger partial charge in [0.15, 0.2) is 5.82 Å². The smallest absolute Gasteiger partial charge is 0.394 e. The van der Waals surface area contributed by atoms with E-state index in [1.807, 2.05) is 6.08 Å². The van der Waals surface area contributed by atoms with E-state index in [0.717, 1.165) is 23.3 Å². The van der Waals surface area contributed by atoms with E-state index in [4.69, 9.17) is 10.5 Å². The highest BCUT2D eigenvalue weighted by Crippen LogP contribution is 2.36. The molecule has 0 unspecified atom stereocenters. The molecule has 0 fully saturated rings. The zero-order valence-electron chi connectivity index (χ0n) is 20.1. The van der Waals surface area contributed by atoms with Crippen molar-refractivity contribution in [2.75, 3.05) is 19.8 Å². The number of carbonyl (C=O) groups excluding carboxylic acids is 1. The fraction of sp³-hybridized carbons (Fsp3) is 0.296. The second-order valence-corrected chi connectivity index (χ2v) is 8.73. The molecule has 2 atom stereocenters. The first-order valence-electron chi connectivity index (χ1n) is 11.8. The molecule has 2 aromatic carbocycles. The molecule has 0 saturated carbocycles. The van der Waals surface area contributed by atoms with Crippen molar-refractivity contribution in [3.8, 4) is 11.1 Å². The molecule has 0 radical (unpaired) electrons. The zero-order valence-corrected chi connectivity index (χ0v) is 20.1. The third-order valence-corrected chi connectivity index (χ3v) is 6.18. The first-order chi connectivity index (χ1) is 17.7. The molecule has 194 valence electrons. The van der Waals surface area contributed by atoms with Gasteiger partial charge in [0, 0.05) is 6.20 Å². The van der Waals surface area contributed by atoms with Gasteiger partial charge < -0.3 is 20.9 Å². The number of nitrogens with two attached hydrogens (primary N) is 1. The fourth-order valence-electron chi connectivity index (χ4n) is 4.08. The fourth-order valence-corrected chi connectivity index (χ4v) is 4.08. The average molecular weight is 513 g/mol.